The number of amides is 1. The zero-order valence-electron chi connectivity index (χ0n) is 15.8. The number of nitrogens with zero attached hydrogens (tertiary/aromatic N) is 3. The van der Waals surface area contributed by atoms with Crippen LogP contribution in [0.4, 0.5) is 13.2 Å². The number of fused-ring (bicyclic) bond motifs is 1. The fourth-order valence-electron chi connectivity index (χ4n) is 3.07. The Hall–Kier alpha value is -3.62. The predicted molar refractivity (Wildman–Crippen MR) is 105 cm³/mol. The van der Waals surface area contributed by atoms with Gasteiger partial charge in [0.25, 0.3) is 5.91 Å². The van der Waals surface area contributed by atoms with Crippen molar-refractivity contribution in [2.75, 3.05) is 6.54 Å². The van der Waals surface area contributed by atoms with Crippen LogP contribution in [0.5, 0.6) is 0 Å². The second kappa shape index (κ2) is 8.02. The van der Waals surface area contributed by atoms with Gasteiger partial charge in [0.05, 0.1) is 16.7 Å². The van der Waals surface area contributed by atoms with Crippen LogP contribution >= 0.6 is 0 Å². The van der Waals surface area contributed by atoms with Crippen LogP contribution in [-0.2, 0) is 12.6 Å². The second-order valence-corrected chi connectivity index (χ2v) is 6.75. The maximum absolute atomic E-state index is 12.7. The Balaban J connectivity index is 1.30. The molecule has 4 aromatic rings. The van der Waals surface area contributed by atoms with Crippen LogP contribution in [0.15, 0.2) is 60.8 Å². The molecule has 0 spiro atoms. The van der Waals surface area contributed by atoms with Crippen LogP contribution in [0.3, 0.4) is 0 Å². The molecule has 0 unspecified atom stereocenters. The van der Waals surface area contributed by atoms with Crippen molar-refractivity contribution in [3.05, 3.63) is 77.9 Å². The molecule has 0 saturated carbocycles. The van der Waals surface area contributed by atoms with Crippen LogP contribution in [-0.4, -0.2) is 32.2 Å². The molecule has 6 nitrogen and oxygen atoms in total. The number of rotatable bonds is 6. The highest BCUT2D eigenvalue weighted by Gasteiger charge is 2.33. The number of nitrogens with one attached hydrogen (secondary N) is 2. The summed E-state index contributed by atoms with van der Waals surface area (Å²) in [5.74, 6) is 0.620. The molecular weight excluding hydrogens is 395 g/mol. The average molecular weight is 413 g/mol. The Labute approximate surface area is 169 Å². The van der Waals surface area contributed by atoms with Crippen molar-refractivity contribution in [3.63, 3.8) is 0 Å². The average Bonchev–Trinajstić information content (AvgIpc) is 3.38. The predicted octanol–water partition coefficient (Wildman–Crippen LogP) is 4.13. The highest BCUT2D eigenvalue weighted by molar-refractivity contribution is 5.94. The quantitative estimate of drug-likeness (QED) is 0.467. The van der Waals surface area contributed by atoms with Gasteiger partial charge in [-0.1, -0.05) is 12.1 Å². The van der Waals surface area contributed by atoms with E-state index < -0.39 is 11.9 Å². The minimum absolute atomic E-state index is 0.248. The molecule has 0 saturated heterocycles. The minimum Gasteiger partial charge on any atom is -0.352 e. The monoisotopic (exact) mass is 413 g/mol. The lowest BCUT2D eigenvalue weighted by Crippen LogP contribution is -2.24. The van der Waals surface area contributed by atoms with Gasteiger partial charge in [0.2, 0.25) is 0 Å². The van der Waals surface area contributed by atoms with E-state index in [-0.39, 0.29) is 5.91 Å². The first-order valence-corrected chi connectivity index (χ1v) is 9.35. The maximum atomic E-state index is 12.7. The molecule has 0 atom stereocenters. The molecule has 0 radical (unpaired) electrons. The summed E-state index contributed by atoms with van der Waals surface area (Å²) in [6, 6.07) is 14.9. The number of aromatic nitrogens is 4. The first kappa shape index (κ1) is 19.7. The summed E-state index contributed by atoms with van der Waals surface area (Å²) in [4.78, 5) is 20.0. The maximum Gasteiger partial charge on any atom is 0.435 e. The molecule has 1 amide bonds. The minimum atomic E-state index is -4.49. The fourth-order valence-corrected chi connectivity index (χ4v) is 3.07. The van der Waals surface area contributed by atoms with Crippen molar-refractivity contribution in [2.24, 2.45) is 0 Å². The van der Waals surface area contributed by atoms with Crippen molar-refractivity contribution in [2.45, 2.75) is 19.0 Å². The van der Waals surface area contributed by atoms with Crippen LogP contribution in [0.25, 0.3) is 16.7 Å². The number of aromatic amines is 1. The third kappa shape index (κ3) is 4.35. The van der Waals surface area contributed by atoms with Crippen molar-refractivity contribution < 1.29 is 18.0 Å². The summed E-state index contributed by atoms with van der Waals surface area (Å²) >= 11 is 0. The van der Waals surface area contributed by atoms with Crippen molar-refractivity contribution in [1.82, 2.24) is 25.1 Å². The Kier molecular flexibility index (Phi) is 5.26. The molecule has 9 heteroatoms. The topological polar surface area (TPSA) is 75.6 Å². The number of carbonyl (C=O) groups excluding carboxylic acids is 1. The van der Waals surface area contributed by atoms with E-state index in [1.54, 1.807) is 24.3 Å². The number of halogens is 3. The highest BCUT2D eigenvalue weighted by atomic mass is 19.4. The van der Waals surface area contributed by atoms with Gasteiger partial charge >= 0.3 is 6.18 Å². The standard InChI is InChI=1S/C21H18F3N5O/c22-21(23,24)18-11-13-29(28-18)15-9-7-14(8-10-15)20(30)25-12-3-6-19-26-16-4-1-2-5-17(16)27-19/h1-2,4-5,7-11,13H,3,6,12H2,(H,25,30)(H,26,27). The molecular formula is C21H18F3N5O. The molecule has 2 aromatic heterocycles. The van der Waals surface area contributed by atoms with Crippen LogP contribution in [0, 0.1) is 0 Å². The molecule has 2 heterocycles. The molecule has 0 aliphatic carbocycles. The first-order chi connectivity index (χ1) is 14.4. The van der Waals surface area contributed by atoms with Gasteiger partial charge in [0, 0.05) is 24.7 Å². The van der Waals surface area contributed by atoms with Gasteiger partial charge in [-0.2, -0.15) is 18.3 Å². The molecule has 2 aromatic carbocycles. The normalized spacial score (nSPS) is 11.7. The van der Waals surface area contributed by atoms with Gasteiger partial charge in [-0.15, -0.1) is 0 Å². The summed E-state index contributed by atoms with van der Waals surface area (Å²) in [7, 11) is 0. The Morgan fingerprint density at radius 3 is 2.53 bits per heavy atom. The molecule has 0 bridgehead atoms. The zero-order chi connectivity index (χ0) is 21.1. The molecule has 0 aliphatic rings. The number of hydrogen-bond donors (Lipinski definition) is 2. The first-order valence-electron chi connectivity index (χ1n) is 9.35. The van der Waals surface area contributed by atoms with Crippen molar-refractivity contribution >= 4 is 16.9 Å². The van der Waals surface area contributed by atoms with Crippen molar-refractivity contribution in [1.29, 1.82) is 0 Å². The third-order valence-electron chi connectivity index (χ3n) is 4.59. The lowest BCUT2D eigenvalue weighted by Gasteiger charge is -2.06. The zero-order valence-corrected chi connectivity index (χ0v) is 15.8. The Morgan fingerprint density at radius 1 is 1.07 bits per heavy atom. The van der Waals surface area contributed by atoms with E-state index in [0.29, 0.717) is 24.2 Å². The number of imidazole rings is 1. The number of para-hydroxylation sites is 2. The Morgan fingerprint density at radius 2 is 1.83 bits per heavy atom. The molecule has 154 valence electrons. The van der Waals surface area contributed by atoms with Crippen LogP contribution in [0.1, 0.15) is 28.3 Å². The number of aryl methyl sites for hydroxylation is 1. The summed E-state index contributed by atoms with van der Waals surface area (Å²) in [6.45, 7) is 0.478. The summed E-state index contributed by atoms with van der Waals surface area (Å²) in [5.41, 5.74) is 1.79. The molecule has 2 N–H and O–H groups in total. The van der Waals surface area contributed by atoms with E-state index in [2.05, 4.69) is 20.4 Å². The number of benzene rings is 2. The number of carbonyl (C=O) groups is 1. The highest BCUT2D eigenvalue weighted by Crippen LogP contribution is 2.27. The fraction of sp³-hybridized carbons (Fsp3) is 0.190. The van der Waals surface area contributed by atoms with Gasteiger partial charge in [-0.3, -0.25) is 4.79 Å². The van der Waals surface area contributed by atoms with Crippen molar-refractivity contribution in [3.8, 4) is 5.69 Å². The summed E-state index contributed by atoms with van der Waals surface area (Å²) < 4.78 is 39.1. The molecule has 4 rings (SSSR count). The van der Waals surface area contributed by atoms with Gasteiger partial charge in [-0.25, -0.2) is 9.67 Å². The van der Waals surface area contributed by atoms with E-state index in [1.165, 1.54) is 6.20 Å². The van der Waals surface area contributed by atoms with Gasteiger partial charge in [0.1, 0.15) is 5.82 Å². The molecule has 0 aliphatic heterocycles. The molecule has 0 fully saturated rings. The third-order valence-corrected chi connectivity index (χ3v) is 4.59. The van der Waals surface area contributed by atoms with Gasteiger partial charge in [-0.05, 0) is 48.9 Å². The summed E-state index contributed by atoms with van der Waals surface area (Å²) in [6.07, 6.45) is -1.84. The van der Waals surface area contributed by atoms with Gasteiger partial charge < -0.3 is 10.3 Å². The molecule has 30 heavy (non-hydrogen) atoms. The lowest BCUT2D eigenvalue weighted by atomic mass is 10.2. The van der Waals surface area contributed by atoms with Crippen LogP contribution < -0.4 is 5.32 Å². The van der Waals surface area contributed by atoms with E-state index in [4.69, 9.17) is 0 Å². The number of hydrogen-bond acceptors (Lipinski definition) is 3. The van der Waals surface area contributed by atoms with E-state index in [1.807, 2.05) is 24.3 Å². The second-order valence-electron chi connectivity index (χ2n) is 6.75. The summed E-state index contributed by atoms with van der Waals surface area (Å²) in [5, 5.41) is 6.35. The SMILES string of the molecule is O=C(NCCCc1nc2ccccc2[nH]1)c1ccc(-n2ccc(C(F)(F)F)n2)cc1. The largest absolute Gasteiger partial charge is 0.435 e. The van der Waals surface area contributed by atoms with E-state index in [9.17, 15) is 18.0 Å². The van der Waals surface area contributed by atoms with E-state index >= 15 is 0 Å². The Bertz CT molecular complexity index is 1130. The van der Waals surface area contributed by atoms with Gasteiger partial charge in [0.15, 0.2) is 5.69 Å². The number of alkyl halides is 3. The lowest BCUT2D eigenvalue weighted by molar-refractivity contribution is -0.141. The van der Waals surface area contributed by atoms with Crippen LogP contribution in [0.2, 0.25) is 0 Å². The smallest absolute Gasteiger partial charge is 0.352 e. The van der Waals surface area contributed by atoms with E-state index in [0.717, 1.165) is 34.0 Å². The number of H-pyrrole nitrogens is 1.